The SMILES string of the molecule is COC(=O)c1cn([C@@H]2CCCN(c3nnc(C(C)C)s3)C2)nn1. The molecule has 2 aromatic rings. The van der Waals surface area contributed by atoms with Crippen LogP contribution in [0.3, 0.4) is 0 Å². The number of aromatic nitrogens is 5. The molecule has 124 valence electrons. The first-order valence-electron chi connectivity index (χ1n) is 7.67. The molecule has 0 spiro atoms. The average Bonchev–Trinajstić information content (AvgIpc) is 3.23. The van der Waals surface area contributed by atoms with Crippen LogP contribution in [0.15, 0.2) is 6.20 Å². The molecule has 8 nitrogen and oxygen atoms in total. The monoisotopic (exact) mass is 336 g/mol. The van der Waals surface area contributed by atoms with Crippen molar-refractivity contribution in [1.82, 2.24) is 25.2 Å². The molecule has 3 heterocycles. The Morgan fingerprint density at radius 3 is 2.91 bits per heavy atom. The van der Waals surface area contributed by atoms with E-state index in [0.717, 1.165) is 36.1 Å². The van der Waals surface area contributed by atoms with Crippen LogP contribution >= 0.6 is 11.3 Å². The molecule has 0 amide bonds. The number of hydrogen-bond donors (Lipinski definition) is 0. The van der Waals surface area contributed by atoms with E-state index in [-0.39, 0.29) is 11.7 Å². The van der Waals surface area contributed by atoms with Gasteiger partial charge in [-0.1, -0.05) is 30.4 Å². The smallest absolute Gasteiger partial charge is 0.360 e. The van der Waals surface area contributed by atoms with Crippen molar-refractivity contribution in [2.45, 2.75) is 38.6 Å². The summed E-state index contributed by atoms with van der Waals surface area (Å²) in [5.41, 5.74) is 0.239. The number of carbonyl (C=O) groups excluding carboxylic acids is 1. The summed E-state index contributed by atoms with van der Waals surface area (Å²) < 4.78 is 6.42. The molecule has 0 aliphatic carbocycles. The van der Waals surface area contributed by atoms with Gasteiger partial charge in [0.2, 0.25) is 5.13 Å². The van der Waals surface area contributed by atoms with Crippen LogP contribution in [0.4, 0.5) is 5.13 Å². The van der Waals surface area contributed by atoms with Crippen molar-refractivity contribution in [3.8, 4) is 0 Å². The largest absolute Gasteiger partial charge is 0.464 e. The number of nitrogens with zero attached hydrogens (tertiary/aromatic N) is 6. The minimum Gasteiger partial charge on any atom is -0.464 e. The summed E-state index contributed by atoms with van der Waals surface area (Å²) in [5, 5.41) is 18.5. The molecule has 0 unspecified atom stereocenters. The van der Waals surface area contributed by atoms with Crippen LogP contribution in [0.1, 0.15) is 54.1 Å². The summed E-state index contributed by atoms with van der Waals surface area (Å²) in [6, 6.07) is 0.168. The Hall–Kier alpha value is -2.03. The van der Waals surface area contributed by atoms with Crippen LogP contribution < -0.4 is 4.90 Å². The maximum absolute atomic E-state index is 11.5. The van der Waals surface area contributed by atoms with Gasteiger partial charge in [-0.05, 0) is 12.8 Å². The van der Waals surface area contributed by atoms with Crippen molar-refractivity contribution in [3.05, 3.63) is 16.9 Å². The van der Waals surface area contributed by atoms with Crippen LogP contribution in [-0.4, -0.2) is 51.4 Å². The average molecular weight is 336 g/mol. The zero-order chi connectivity index (χ0) is 16.4. The molecule has 0 saturated carbocycles. The lowest BCUT2D eigenvalue weighted by atomic mass is 10.1. The number of hydrogen-bond acceptors (Lipinski definition) is 8. The topological polar surface area (TPSA) is 86.0 Å². The zero-order valence-corrected chi connectivity index (χ0v) is 14.3. The second-order valence-corrected chi connectivity index (χ2v) is 6.88. The quantitative estimate of drug-likeness (QED) is 0.788. The van der Waals surface area contributed by atoms with Crippen LogP contribution in [0.2, 0.25) is 0 Å². The highest BCUT2D eigenvalue weighted by molar-refractivity contribution is 7.15. The van der Waals surface area contributed by atoms with Gasteiger partial charge in [-0.15, -0.1) is 15.3 Å². The molecular formula is C14H20N6O2S. The first-order valence-corrected chi connectivity index (χ1v) is 8.48. The standard InChI is InChI=1S/C14H20N6O2S/c1-9(2)12-16-17-14(23-12)19-6-4-5-10(7-19)20-8-11(15-18-20)13(21)22-3/h8-10H,4-7H2,1-3H3/t10-/m1/s1. The van der Waals surface area contributed by atoms with Crippen molar-refractivity contribution in [2.75, 3.05) is 25.1 Å². The predicted octanol–water partition coefficient (Wildman–Crippen LogP) is 1.88. The Morgan fingerprint density at radius 1 is 1.39 bits per heavy atom. The van der Waals surface area contributed by atoms with Gasteiger partial charge in [0, 0.05) is 19.0 Å². The summed E-state index contributed by atoms with van der Waals surface area (Å²) in [4.78, 5) is 13.7. The van der Waals surface area contributed by atoms with E-state index in [1.165, 1.54) is 7.11 Å². The van der Waals surface area contributed by atoms with Gasteiger partial charge in [-0.3, -0.25) is 0 Å². The molecule has 0 bridgehead atoms. The molecule has 2 aromatic heterocycles. The fourth-order valence-corrected chi connectivity index (χ4v) is 3.47. The molecule has 23 heavy (non-hydrogen) atoms. The molecule has 1 aliphatic heterocycles. The highest BCUT2D eigenvalue weighted by atomic mass is 32.1. The minimum absolute atomic E-state index is 0.168. The number of piperidine rings is 1. The number of rotatable bonds is 4. The van der Waals surface area contributed by atoms with E-state index in [0.29, 0.717) is 5.92 Å². The Bertz CT molecular complexity index is 682. The second-order valence-electron chi connectivity index (χ2n) is 5.90. The van der Waals surface area contributed by atoms with Crippen LogP contribution in [-0.2, 0) is 4.74 Å². The van der Waals surface area contributed by atoms with Gasteiger partial charge in [0.1, 0.15) is 5.01 Å². The Morgan fingerprint density at radius 2 is 2.22 bits per heavy atom. The van der Waals surface area contributed by atoms with Crippen LogP contribution in [0, 0.1) is 0 Å². The number of methoxy groups -OCH3 is 1. The number of carbonyl (C=O) groups is 1. The van der Waals surface area contributed by atoms with Gasteiger partial charge >= 0.3 is 5.97 Å². The molecule has 1 atom stereocenters. The molecule has 0 N–H and O–H groups in total. The third-order valence-corrected chi connectivity index (χ3v) is 5.15. The maximum atomic E-state index is 11.5. The van der Waals surface area contributed by atoms with Crippen LogP contribution in [0.5, 0.6) is 0 Å². The lowest BCUT2D eigenvalue weighted by molar-refractivity contribution is 0.0594. The zero-order valence-electron chi connectivity index (χ0n) is 13.5. The van der Waals surface area contributed by atoms with E-state index in [2.05, 4.69) is 44.0 Å². The number of ether oxygens (including phenoxy) is 1. The van der Waals surface area contributed by atoms with E-state index < -0.39 is 5.97 Å². The summed E-state index contributed by atoms with van der Waals surface area (Å²) in [6.45, 7) is 5.98. The summed E-state index contributed by atoms with van der Waals surface area (Å²) >= 11 is 1.64. The molecule has 1 aliphatic rings. The van der Waals surface area contributed by atoms with Crippen LogP contribution in [0.25, 0.3) is 0 Å². The van der Waals surface area contributed by atoms with Crippen molar-refractivity contribution in [2.24, 2.45) is 0 Å². The van der Waals surface area contributed by atoms with Gasteiger partial charge in [-0.2, -0.15) is 0 Å². The molecule has 3 rings (SSSR count). The van der Waals surface area contributed by atoms with Gasteiger partial charge in [-0.25, -0.2) is 9.48 Å². The maximum Gasteiger partial charge on any atom is 0.360 e. The van der Waals surface area contributed by atoms with E-state index >= 15 is 0 Å². The van der Waals surface area contributed by atoms with E-state index in [4.69, 9.17) is 0 Å². The third kappa shape index (κ3) is 3.34. The highest BCUT2D eigenvalue weighted by Crippen LogP contribution is 2.30. The first-order chi connectivity index (χ1) is 11.1. The van der Waals surface area contributed by atoms with E-state index in [1.807, 2.05) is 0 Å². The predicted molar refractivity (Wildman–Crippen MR) is 85.8 cm³/mol. The van der Waals surface area contributed by atoms with Crippen molar-refractivity contribution in [1.29, 1.82) is 0 Å². The van der Waals surface area contributed by atoms with Crippen molar-refractivity contribution >= 4 is 22.4 Å². The molecule has 1 saturated heterocycles. The third-order valence-electron chi connectivity index (χ3n) is 3.87. The van der Waals surface area contributed by atoms with Gasteiger partial charge in [0.15, 0.2) is 5.69 Å². The van der Waals surface area contributed by atoms with Gasteiger partial charge < -0.3 is 9.64 Å². The summed E-state index contributed by atoms with van der Waals surface area (Å²) in [6.07, 6.45) is 3.69. The fraction of sp³-hybridized carbons (Fsp3) is 0.643. The normalized spacial score (nSPS) is 18.4. The number of anilines is 1. The number of esters is 1. The second kappa shape index (κ2) is 6.61. The summed E-state index contributed by atoms with van der Waals surface area (Å²) in [7, 11) is 1.34. The molecule has 9 heteroatoms. The van der Waals surface area contributed by atoms with Crippen molar-refractivity contribution < 1.29 is 9.53 Å². The van der Waals surface area contributed by atoms with Gasteiger partial charge in [0.25, 0.3) is 0 Å². The minimum atomic E-state index is -0.463. The Kier molecular flexibility index (Phi) is 4.56. The highest BCUT2D eigenvalue weighted by Gasteiger charge is 2.26. The fourth-order valence-electron chi connectivity index (χ4n) is 2.59. The van der Waals surface area contributed by atoms with E-state index in [9.17, 15) is 4.79 Å². The molecular weight excluding hydrogens is 316 g/mol. The lowest BCUT2D eigenvalue weighted by Gasteiger charge is -2.31. The summed E-state index contributed by atoms with van der Waals surface area (Å²) in [5.74, 6) is -0.0746. The lowest BCUT2D eigenvalue weighted by Crippen LogP contribution is -2.36. The molecule has 0 aromatic carbocycles. The Labute approximate surface area is 138 Å². The first kappa shape index (κ1) is 15.9. The molecule has 0 radical (unpaired) electrons. The van der Waals surface area contributed by atoms with Crippen molar-refractivity contribution in [3.63, 3.8) is 0 Å². The Balaban J connectivity index is 1.72. The molecule has 1 fully saturated rings. The van der Waals surface area contributed by atoms with Gasteiger partial charge in [0.05, 0.1) is 19.3 Å². The van der Waals surface area contributed by atoms with E-state index in [1.54, 1.807) is 22.2 Å².